The SMILES string of the molecule is Cc1ccc(O)c(S(=O)(=O)c2cc(O)c(C)cc2C)c1. The van der Waals surface area contributed by atoms with E-state index in [1.165, 1.54) is 18.2 Å². The smallest absolute Gasteiger partial charge is 0.210 e. The molecule has 5 heteroatoms. The van der Waals surface area contributed by atoms with E-state index in [-0.39, 0.29) is 21.3 Å². The molecule has 2 rings (SSSR count). The molecule has 0 aromatic heterocycles. The van der Waals surface area contributed by atoms with Gasteiger partial charge in [0.25, 0.3) is 0 Å². The fourth-order valence-electron chi connectivity index (χ4n) is 2.07. The third kappa shape index (κ3) is 2.36. The Hall–Kier alpha value is -2.01. The van der Waals surface area contributed by atoms with Crippen LogP contribution in [-0.4, -0.2) is 18.6 Å². The minimum atomic E-state index is -3.87. The Balaban J connectivity index is 2.73. The van der Waals surface area contributed by atoms with Gasteiger partial charge >= 0.3 is 0 Å². The molecule has 106 valence electrons. The van der Waals surface area contributed by atoms with Crippen molar-refractivity contribution in [3.63, 3.8) is 0 Å². The van der Waals surface area contributed by atoms with Crippen LogP contribution in [0.25, 0.3) is 0 Å². The molecule has 0 saturated heterocycles. The van der Waals surface area contributed by atoms with Crippen LogP contribution in [0.15, 0.2) is 40.1 Å². The Bertz CT molecular complexity index is 777. The standard InChI is InChI=1S/C15H16O4S/c1-9-4-5-12(16)15(6-9)20(18,19)14-8-13(17)10(2)7-11(14)3/h4-8,16-17H,1-3H3. The zero-order valence-corrected chi connectivity index (χ0v) is 12.3. The molecule has 0 radical (unpaired) electrons. The Morgan fingerprint density at radius 2 is 1.45 bits per heavy atom. The molecule has 2 aromatic rings. The van der Waals surface area contributed by atoms with Crippen LogP contribution >= 0.6 is 0 Å². The molecule has 4 nitrogen and oxygen atoms in total. The molecule has 0 atom stereocenters. The van der Waals surface area contributed by atoms with Gasteiger partial charge in [-0.15, -0.1) is 0 Å². The number of phenols is 2. The number of benzene rings is 2. The second-order valence-electron chi connectivity index (χ2n) is 4.88. The first kappa shape index (κ1) is 14.4. The summed E-state index contributed by atoms with van der Waals surface area (Å²) in [6.45, 7) is 5.10. The summed E-state index contributed by atoms with van der Waals surface area (Å²) < 4.78 is 25.2. The van der Waals surface area contributed by atoms with Crippen molar-refractivity contribution in [2.75, 3.05) is 0 Å². The molecule has 0 aliphatic rings. The van der Waals surface area contributed by atoms with Crippen LogP contribution in [0, 0.1) is 20.8 Å². The molecular formula is C15H16O4S. The number of rotatable bonds is 2. The van der Waals surface area contributed by atoms with Crippen LogP contribution in [0.3, 0.4) is 0 Å². The van der Waals surface area contributed by atoms with Gasteiger partial charge in [-0.1, -0.05) is 12.1 Å². The first-order valence-electron chi connectivity index (χ1n) is 6.08. The second-order valence-corrected chi connectivity index (χ2v) is 6.77. The minimum Gasteiger partial charge on any atom is -0.508 e. The first-order chi connectivity index (χ1) is 9.23. The van der Waals surface area contributed by atoms with Gasteiger partial charge in [0.05, 0.1) is 4.90 Å². The van der Waals surface area contributed by atoms with Crippen molar-refractivity contribution in [1.29, 1.82) is 0 Å². The van der Waals surface area contributed by atoms with Crippen molar-refractivity contribution >= 4 is 9.84 Å². The lowest BCUT2D eigenvalue weighted by Gasteiger charge is -2.11. The van der Waals surface area contributed by atoms with Gasteiger partial charge in [-0.25, -0.2) is 8.42 Å². The van der Waals surface area contributed by atoms with Gasteiger partial charge in [0, 0.05) is 0 Å². The highest BCUT2D eigenvalue weighted by molar-refractivity contribution is 7.91. The first-order valence-corrected chi connectivity index (χ1v) is 7.56. The van der Waals surface area contributed by atoms with Gasteiger partial charge in [-0.2, -0.15) is 0 Å². The maximum atomic E-state index is 12.6. The number of aryl methyl sites for hydroxylation is 3. The molecule has 20 heavy (non-hydrogen) atoms. The molecular weight excluding hydrogens is 276 g/mol. The Morgan fingerprint density at radius 1 is 0.800 bits per heavy atom. The summed E-state index contributed by atoms with van der Waals surface area (Å²) in [6.07, 6.45) is 0. The predicted molar refractivity (Wildman–Crippen MR) is 75.9 cm³/mol. The van der Waals surface area contributed by atoms with Gasteiger partial charge in [0.15, 0.2) is 0 Å². The van der Waals surface area contributed by atoms with Crippen molar-refractivity contribution < 1.29 is 18.6 Å². The Labute approximate surface area is 118 Å². The second kappa shape index (κ2) is 4.83. The van der Waals surface area contributed by atoms with E-state index in [1.807, 2.05) is 0 Å². The molecule has 0 unspecified atom stereocenters. The predicted octanol–water partition coefficient (Wildman–Crippen LogP) is 2.86. The number of aromatic hydroxyl groups is 2. The number of sulfone groups is 1. The summed E-state index contributed by atoms with van der Waals surface area (Å²) >= 11 is 0. The lowest BCUT2D eigenvalue weighted by Crippen LogP contribution is -2.05. The molecule has 0 amide bonds. The van der Waals surface area contributed by atoms with E-state index in [9.17, 15) is 18.6 Å². The summed E-state index contributed by atoms with van der Waals surface area (Å²) in [6, 6.07) is 7.23. The molecule has 0 aliphatic carbocycles. The van der Waals surface area contributed by atoms with Crippen LogP contribution in [0.2, 0.25) is 0 Å². The number of phenolic OH excluding ortho intramolecular Hbond substituents is 2. The molecule has 0 spiro atoms. The van der Waals surface area contributed by atoms with Crippen molar-refractivity contribution in [1.82, 2.24) is 0 Å². The average Bonchev–Trinajstić information content (AvgIpc) is 2.36. The summed E-state index contributed by atoms with van der Waals surface area (Å²) in [4.78, 5) is -0.148. The number of hydrogen-bond donors (Lipinski definition) is 2. The topological polar surface area (TPSA) is 74.6 Å². The fraction of sp³-hybridized carbons (Fsp3) is 0.200. The molecule has 0 aliphatic heterocycles. The van der Waals surface area contributed by atoms with E-state index < -0.39 is 9.84 Å². The van der Waals surface area contributed by atoms with Crippen molar-refractivity contribution in [2.45, 2.75) is 30.6 Å². The highest BCUT2D eigenvalue weighted by Gasteiger charge is 2.24. The van der Waals surface area contributed by atoms with Gasteiger partial charge in [-0.05, 0) is 55.7 Å². The van der Waals surface area contributed by atoms with Crippen LogP contribution in [-0.2, 0) is 9.84 Å². The average molecular weight is 292 g/mol. The van der Waals surface area contributed by atoms with Crippen molar-refractivity contribution in [2.24, 2.45) is 0 Å². The van der Waals surface area contributed by atoms with Crippen LogP contribution in [0.1, 0.15) is 16.7 Å². The normalized spacial score (nSPS) is 11.6. The Morgan fingerprint density at radius 3 is 2.10 bits per heavy atom. The molecule has 2 aromatic carbocycles. The summed E-state index contributed by atoms with van der Waals surface area (Å²) in [7, 11) is -3.87. The van der Waals surface area contributed by atoms with E-state index >= 15 is 0 Å². The molecule has 0 heterocycles. The minimum absolute atomic E-state index is 0.00139. The third-order valence-electron chi connectivity index (χ3n) is 3.19. The highest BCUT2D eigenvalue weighted by Crippen LogP contribution is 2.33. The van der Waals surface area contributed by atoms with E-state index in [0.717, 1.165) is 5.56 Å². The number of hydrogen-bond acceptors (Lipinski definition) is 4. The lowest BCUT2D eigenvalue weighted by molar-refractivity contribution is 0.457. The maximum absolute atomic E-state index is 12.6. The van der Waals surface area contributed by atoms with Crippen molar-refractivity contribution in [3.8, 4) is 11.5 Å². The zero-order chi connectivity index (χ0) is 15.1. The molecule has 2 N–H and O–H groups in total. The quantitative estimate of drug-likeness (QED) is 0.892. The third-order valence-corrected chi connectivity index (χ3v) is 5.11. The molecule has 0 fully saturated rings. The Kier molecular flexibility index (Phi) is 3.48. The lowest BCUT2D eigenvalue weighted by atomic mass is 10.1. The zero-order valence-electron chi connectivity index (χ0n) is 11.5. The van der Waals surface area contributed by atoms with E-state index in [1.54, 1.807) is 32.9 Å². The fourth-order valence-corrected chi connectivity index (χ4v) is 3.74. The monoisotopic (exact) mass is 292 g/mol. The van der Waals surface area contributed by atoms with Crippen LogP contribution < -0.4 is 0 Å². The maximum Gasteiger partial charge on any atom is 0.210 e. The summed E-state index contributed by atoms with van der Waals surface area (Å²) in [5.74, 6) is -0.378. The van der Waals surface area contributed by atoms with Gasteiger partial charge in [0.1, 0.15) is 16.4 Å². The van der Waals surface area contributed by atoms with Crippen LogP contribution in [0.4, 0.5) is 0 Å². The van der Waals surface area contributed by atoms with E-state index in [4.69, 9.17) is 0 Å². The molecule has 0 saturated carbocycles. The molecule has 0 bridgehead atoms. The largest absolute Gasteiger partial charge is 0.508 e. The summed E-state index contributed by atoms with van der Waals surface area (Å²) in [5, 5.41) is 19.5. The van der Waals surface area contributed by atoms with Crippen LogP contribution in [0.5, 0.6) is 11.5 Å². The van der Waals surface area contributed by atoms with Crippen molar-refractivity contribution in [3.05, 3.63) is 47.0 Å². The highest BCUT2D eigenvalue weighted by atomic mass is 32.2. The van der Waals surface area contributed by atoms with Gasteiger partial charge in [-0.3, -0.25) is 0 Å². The summed E-state index contributed by atoms with van der Waals surface area (Å²) in [5.41, 5.74) is 1.87. The van der Waals surface area contributed by atoms with Gasteiger partial charge < -0.3 is 10.2 Å². The van der Waals surface area contributed by atoms with E-state index in [0.29, 0.717) is 11.1 Å². The van der Waals surface area contributed by atoms with E-state index in [2.05, 4.69) is 0 Å². The van der Waals surface area contributed by atoms with Gasteiger partial charge in [0.2, 0.25) is 9.84 Å².